The molecule has 1 fully saturated rings. The molecule has 1 N–H and O–H groups in total. The Morgan fingerprint density at radius 1 is 1.37 bits per heavy atom. The zero-order chi connectivity index (χ0) is 13.7. The average molecular weight is 266 g/mol. The number of methoxy groups -OCH3 is 1. The monoisotopic (exact) mass is 266 g/mol. The summed E-state index contributed by atoms with van der Waals surface area (Å²) in [5.74, 6) is 0.353. The highest BCUT2D eigenvalue weighted by Gasteiger charge is 2.14. The number of nitrogens with one attached hydrogen (secondary N) is 1. The van der Waals surface area contributed by atoms with Gasteiger partial charge in [-0.15, -0.1) is 0 Å². The number of nitrogens with zero attached hydrogens (tertiary/aromatic N) is 1. The van der Waals surface area contributed by atoms with Crippen molar-refractivity contribution >= 4 is 0 Å². The van der Waals surface area contributed by atoms with E-state index in [1.54, 1.807) is 19.2 Å². The van der Waals surface area contributed by atoms with Crippen LogP contribution in [0.4, 0.5) is 4.39 Å². The van der Waals surface area contributed by atoms with E-state index in [-0.39, 0.29) is 5.82 Å². The molecule has 0 bridgehead atoms. The summed E-state index contributed by atoms with van der Waals surface area (Å²) >= 11 is 0. The van der Waals surface area contributed by atoms with Gasteiger partial charge in [-0.1, -0.05) is 6.07 Å². The van der Waals surface area contributed by atoms with Crippen LogP contribution < -0.4 is 10.1 Å². The Morgan fingerprint density at radius 2 is 2.11 bits per heavy atom. The van der Waals surface area contributed by atoms with Gasteiger partial charge in [-0.2, -0.15) is 0 Å². The smallest absolute Gasteiger partial charge is 0.131 e. The number of ether oxygens (including phenoxy) is 1. The van der Waals surface area contributed by atoms with Crippen molar-refractivity contribution in [3.63, 3.8) is 0 Å². The van der Waals surface area contributed by atoms with Gasteiger partial charge in [-0.25, -0.2) is 4.39 Å². The predicted octanol–water partition coefficient (Wildman–Crippen LogP) is 2.41. The molecular formula is C15H23FN2O. The van der Waals surface area contributed by atoms with Gasteiger partial charge in [0.25, 0.3) is 0 Å². The number of hydrogen-bond donors (Lipinski definition) is 1. The molecule has 0 aliphatic carbocycles. The standard InChI is InChI=1S/C15H23FN2O/c1-12(11-18-7-3-4-8-18)17-10-13-5-6-14(19-2)9-15(13)16/h5-6,9,12,17H,3-4,7-8,10-11H2,1-2H3. The molecule has 3 nitrogen and oxygen atoms in total. The van der Waals surface area contributed by atoms with Crippen LogP contribution in [-0.2, 0) is 6.54 Å². The predicted molar refractivity (Wildman–Crippen MR) is 74.9 cm³/mol. The minimum absolute atomic E-state index is 0.208. The quantitative estimate of drug-likeness (QED) is 0.855. The minimum Gasteiger partial charge on any atom is -0.497 e. The highest BCUT2D eigenvalue weighted by atomic mass is 19.1. The molecule has 1 aliphatic rings. The molecular weight excluding hydrogens is 243 g/mol. The third-order valence-corrected chi connectivity index (χ3v) is 3.63. The molecule has 1 aromatic rings. The summed E-state index contributed by atoms with van der Waals surface area (Å²) in [7, 11) is 1.55. The Hall–Kier alpha value is -1.13. The van der Waals surface area contributed by atoms with Gasteiger partial charge in [0.2, 0.25) is 0 Å². The molecule has 4 heteroatoms. The molecule has 1 unspecified atom stereocenters. The summed E-state index contributed by atoms with van der Waals surface area (Å²) in [5, 5.41) is 3.38. The van der Waals surface area contributed by atoms with Crippen molar-refractivity contribution in [1.29, 1.82) is 0 Å². The molecule has 1 aliphatic heterocycles. The summed E-state index contributed by atoms with van der Waals surface area (Å²) in [6, 6.07) is 5.39. The van der Waals surface area contributed by atoms with Crippen molar-refractivity contribution in [2.75, 3.05) is 26.7 Å². The van der Waals surface area contributed by atoms with Crippen LogP contribution in [0.25, 0.3) is 0 Å². The van der Waals surface area contributed by atoms with E-state index < -0.39 is 0 Å². The first-order valence-electron chi connectivity index (χ1n) is 6.97. The zero-order valence-electron chi connectivity index (χ0n) is 11.8. The minimum atomic E-state index is -0.208. The summed E-state index contributed by atoms with van der Waals surface area (Å²) in [4.78, 5) is 2.46. The maximum atomic E-state index is 13.8. The summed E-state index contributed by atoms with van der Waals surface area (Å²) in [6.45, 7) is 6.15. The zero-order valence-corrected chi connectivity index (χ0v) is 11.8. The molecule has 1 atom stereocenters. The van der Waals surface area contributed by atoms with Crippen molar-refractivity contribution in [3.8, 4) is 5.75 Å². The van der Waals surface area contributed by atoms with Crippen molar-refractivity contribution in [3.05, 3.63) is 29.6 Å². The molecule has 0 amide bonds. The largest absolute Gasteiger partial charge is 0.497 e. The second-order valence-electron chi connectivity index (χ2n) is 5.25. The first-order valence-corrected chi connectivity index (χ1v) is 6.97. The van der Waals surface area contributed by atoms with Gasteiger partial charge in [-0.3, -0.25) is 0 Å². The van der Waals surface area contributed by atoms with Crippen LogP contribution in [0.3, 0.4) is 0 Å². The number of benzene rings is 1. The van der Waals surface area contributed by atoms with E-state index in [1.807, 2.05) is 0 Å². The van der Waals surface area contributed by atoms with Gasteiger partial charge >= 0.3 is 0 Å². The average Bonchev–Trinajstić information content (AvgIpc) is 2.90. The van der Waals surface area contributed by atoms with Gasteiger partial charge in [0.05, 0.1) is 7.11 Å². The van der Waals surface area contributed by atoms with Crippen LogP contribution in [0.1, 0.15) is 25.3 Å². The molecule has 1 saturated heterocycles. The molecule has 1 aromatic carbocycles. The maximum Gasteiger partial charge on any atom is 0.131 e. The van der Waals surface area contributed by atoms with Crippen molar-refractivity contribution in [2.45, 2.75) is 32.4 Å². The summed E-state index contributed by atoms with van der Waals surface area (Å²) < 4.78 is 18.8. The van der Waals surface area contributed by atoms with E-state index in [1.165, 1.54) is 32.0 Å². The number of rotatable bonds is 6. The van der Waals surface area contributed by atoms with E-state index in [4.69, 9.17) is 4.74 Å². The third-order valence-electron chi connectivity index (χ3n) is 3.63. The van der Waals surface area contributed by atoms with Gasteiger partial charge in [0.1, 0.15) is 11.6 Å². The lowest BCUT2D eigenvalue weighted by Gasteiger charge is -2.21. The number of likely N-dealkylation sites (tertiary alicyclic amines) is 1. The third kappa shape index (κ3) is 4.18. The van der Waals surface area contributed by atoms with Crippen LogP contribution in [0.5, 0.6) is 5.75 Å². The number of halogens is 1. The van der Waals surface area contributed by atoms with Crippen LogP contribution in [0.15, 0.2) is 18.2 Å². The van der Waals surface area contributed by atoms with E-state index in [0.29, 0.717) is 23.9 Å². The van der Waals surface area contributed by atoms with Gasteiger partial charge in [0, 0.05) is 30.8 Å². The van der Waals surface area contributed by atoms with Crippen molar-refractivity contribution in [1.82, 2.24) is 10.2 Å². The van der Waals surface area contributed by atoms with Crippen LogP contribution in [0.2, 0.25) is 0 Å². The van der Waals surface area contributed by atoms with Crippen LogP contribution in [-0.4, -0.2) is 37.7 Å². The van der Waals surface area contributed by atoms with Crippen LogP contribution >= 0.6 is 0 Å². The molecule has 0 aromatic heterocycles. The lowest BCUT2D eigenvalue weighted by molar-refractivity contribution is 0.297. The van der Waals surface area contributed by atoms with E-state index in [9.17, 15) is 4.39 Å². The lowest BCUT2D eigenvalue weighted by Crippen LogP contribution is -2.37. The molecule has 19 heavy (non-hydrogen) atoms. The van der Waals surface area contributed by atoms with Gasteiger partial charge < -0.3 is 15.0 Å². The van der Waals surface area contributed by atoms with Gasteiger partial charge in [-0.05, 0) is 38.9 Å². The Kier molecular flexibility index (Phi) is 5.16. The van der Waals surface area contributed by atoms with E-state index >= 15 is 0 Å². The fourth-order valence-corrected chi connectivity index (χ4v) is 2.50. The maximum absolute atomic E-state index is 13.8. The molecule has 0 radical (unpaired) electrons. The topological polar surface area (TPSA) is 24.5 Å². The van der Waals surface area contributed by atoms with Crippen molar-refractivity contribution in [2.24, 2.45) is 0 Å². The van der Waals surface area contributed by atoms with E-state index in [2.05, 4.69) is 17.1 Å². The van der Waals surface area contributed by atoms with Crippen molar-refractivity contribution < 1.29 is 9.13 Å². The van der Waals surface area contributed by atoms with E-state index in [0.717, 1.165) is 6.54 Å². The normalized spacial score (nSPS) is 17.6. The highest BCUT2D eigenvalue weighted by molar-refractivity contribution is 5.28. The Morgan fingerprint density at radius 3 is 2.74 bits per heavy atom. The first-order chi connectivity index (χ1) is 9.19. The highest BCUT2D eigenvalue weighted by Crippen LogP contribution is 2.16. The first kappa shape index (κ1) is 14.3. The van der Waals surface area contributed by atoms with Crippen LogP contribution in [0, 0.1) is 5.82 Å². The molecule has 2 rings (SSSR count). The molecule has 0 spiro atoms. The fourth-order valence-electron chi connectivity index (χ4n) is 2.50. The number of hydrogen-bond acceptors (Lipinski definition) is 3. The summed E-state index contributed by atoms with van der Waals surface area (Å²) in [5.41, 5.74) is 0.689. The summed E-state index contributed by atoms with van der Waals surface area (Å²) in [6.07, 6.45) is 2.61. The molecule has 0 saturated carbocycles. The fraction of sp³-hybridized carbons (Fsp3) is 0.600. The molecule has 1 heterocycles. The Labute approximate surface area is 114 Å². The van der Waals surface area contributed by atoms with Gasteiger partial charge in [0.15, 0.2) is 0 Å². The molecule has 106 valence electrons. The second-order valence-corrected chi connectivity index (χ2v) is 5.25. The lowest BCUT2D eigenvalue weighted by atomic mass is 10.2. The second kappa shape index (κ2) is 6.87. The Balaban J connectivity index is 1.80. The SMILES string of the molecule is COc1ccc(CNC(C)CN2CCCC2)c(F)c1. The Bertz CT molecular complexity index is 405.